The zero-order chi connectivity index (χ0) is 11.7. The van der Waals surface area contributed by atoms with Crippen LogP contribution in [0.2, 0.25) is 0 Å². The fourth-order valence-corrected chi connectivity index (χ4v) is 0.897. The Kier molecular flexibility index (Phi) is 2.51. The molecule has 6 nitrogen and oxygen atoms in total. The second kappa shape index (κ2) is 3.48. The summed E-state index contributed by atoms with van der Waals surface area (Å²) in [6, 6.07) is 0.201. The zero-order valence-electron chi connectivity index (χ0n) is 6.90. The van der Waals surface area contributed by atoms with Crippen LogP contribution in [0.15, 0.2) is 6.07 Å². The van der Waals surface area contributed by atoms with Gasteiger partial charge in [-0.2, -0.15) is 4.39 Å². The normalized spacial score (nSPS) is 10.0. The van der Waals surface area contributed by atoms with Gasteiger partial charge in [0.05, 0.1) is 4.92 Å². The highest BCUT2D eigenvalue weighted by Gasteiger charge is 2.27. The van der Waals surface area contributed by atoms with Crippen molar-refractivity contribution in [2.45, 2.75) is 0 Å². The minimum atomic E-state index is -1.84. The molecule has 1 aromatic carbocycles. The number of nitro benzene ring substituents is 1. The lowest BCUT2D eigenvalue weighted by Crippen LogP contribution is -2.04. The van der Waals surface area contributed by atoms with Gasteiger partial charge >= 0.3 is 11.7 Å². The topological polar surface area (TPSA) is 101 Å². The Hall–Kier alpha value is -2.25. The van der Waals surface area contributed by atoms with E-state index in [1.54, 1.807) is 0 Å². The van der Waals surface area contributed by atoms with Crippen LogP contribution in [0.4, 0.5) is 14.5 Å². The maximum atomic E-state index is 12.9. The fraction of sp³-hybridized carbons (Fsp3) is 0. The van der Waals surface area contributed by atoms with E-state index in [4.69, 9.17) is 10.2 Å². The molecule has 0 aromatic heterocycles. The molecule has 8 heteroatoms. The molecule has 0 atom stereocenters. The summed E-state index contributed by atoms with van der Waals surface area (Å²) in [5.74, 6) is -7.07. The van der Waals surface area contributed by atoms with Crippen LogP contribution in [-0.4, -0.2) is 21.1 Å². The Morgan fingerprint density at radius 3 is 2.33 bits per heavy atom. The molecule has 0 radical (unpaired) electrons. The third kappa shape index (κ3) is 1.68. The van der Waals surface area contributed by atoms with Gasteiger partial charge in [-0.25, -0.2) is 9.18 Å². The van der Waals surface area contributed by atoms with Crippen LogP contribution < -0.4 is 0 Å². The SMILES string of the molecule is O=C(O)c1cc([N+](=O)[O-])c(F)c(O)c1F. The first-order valence-electron chi connectivity index (χ1n) is 3.45. The van der Waals surface area contributed by atoms with E-state index in [0.29, 0.717) is 0 Å². The molecule has 0 saturated heterocycles. The molecule has 1 rings (SSSR count). The summed E-state index contributed by atoms with van der Waals surface area (Å²) in [5.41, 5.74) is -2.47. The molecule has 0 fully saturated rings. The number of aromatic hydroxyl groups is 1. The molecule has 0 saturated carbocycles. The van der Waals surface area contributed by atoms with Gasteiger partial charge in [-0.15, -0.1) is 0 Å². The molecule has 0 amide bonds. The fourth-order valence-electron chi connectivity index (χ4n) is 0.897. The van der Waals surface area contributed by atoms with E-state index in [1.807, 2.05) is 0 Å². The standard InChI is InChI=1S/C7H3F2NO5/c8-4-2(7(12)13)1-3(10(14)15)5(9)6(4)11/h1,11H,(H,12,13). The lowest BCUT2D eigenvalue weighted by atomic mass is 10.1. The number of hydrogen-bond acceptors (Lipinski definition) is 4. The second-order valence-electron chi connectivity index (χ2n) is 2.48. The van der Waals surface area contributed by atoms with E-state index in [-0.39, 0.29) is 6.07 Å². The highest BCUT2D eigenvalue weighted by Crippen LogP contribution is 2.31. The summed E-state index contributed by atoms with van der Waals surface area (Å²) < 4.78 is 25.7. The molecule has 15 heavy (non-hydrogen) atoms. The van der Waals surface area contributed by atoms with Crippen molar-refractivity contribution in [2.75, 3.05) is 0 Å². The number of benzene rings is 1. The Morgan fingerprint density at radius 1 is 1.40 bits per heavy atom. The largest absolute Gasteiger partial charge is 0.503 e. The summed E-state index contributed by atoms with van der Waals surface area (Å²) in [4.78, 5) is 19.3. The Bertz CT molecular complexity index is 421. The molecular weight excluding hydrogens is 216 g/mol. The number of nitro groups is 1. The van der Waals surface area contributed by atoms with Gasteiger partial charge in [0.2, 0.25) is 5.82 Å². The first-order chi connectivity index (χ1) is 6.86. The minimum Gasteiger partial charge on any atom is -0.503 e. The third-order valence-corrected chi connectivity index (χ3v) is 1.59. The average Bonchev–Trinajstić information content (AvgIpc) is 2.13. The van der Waals surface area contributed by atoms with Gasteiger partial charge in [0.15, 0.2) is 11.6 Å². The van der Waals surface area contributed by atoms with Crippen LogP contribution in [0, 0.1) is 21.7 Å². The van der Waals surface area contributed by atoms with Crippen molar-refractivity contribution < 1.29 is 28.7 Å². The van der Waals surface area contributed by atoms with Gasteiger partial charge in [-0.05, 0) is 0 Å². The van der Waals surface area contributed by atoms with Crippen LogP contribution in [0.25, 0.3) is 0 Å². The van der Waals surface area contributed by atoms with Crippen molar-refractivity contribution in [3.63, 3.8) is 0 Å². The van der Waals surface area contributed by atoms with Crippen LogP contribution >= 0.6 is 0 Å². The molecule has 0 heterocycles. The van der Waals surface area contributed by atoms with Gasteiger partial charge < -0.3 is 10.2 Å². The predicted octanol–water partition coefficient (Wildman–Crippen LogP) is 1.28. The van der Waals surface area contributed by atoms with Gasteiger partial charge in [0, 0.05) is 6.07 Å². The molecule has 0 unspecified atom stereocenters. The lowest BCUT2D eigenvalue weighted by Gasteiger charge is -2.02. The van der Waals surface area contributed by atoms with E-state index >= 15 is 0 Å². The molecular formula is C7H3F2NO5. The maximum absolute atomic E-state index is 12.9. The number of phenolic OH excluding ortho intramolecular Hbond substituents is 1. The Balaban J connectivity index is 3.59. The smallest absolute Gasteiger partial charge is 0.339 e. The molecule has 0 bridgehead atoms. The van der Waals surface area contributed by atoms with Crippen LogP contribution in [0.5, 0.6) is 5.75 Å². The number of hydrogen-bond donors (Lipinski definition) is 2. The van der Waals surface area contributed by atoms with Crippen LogP contribution in [0.1, 0.15) is 10.4 Å². The van der Waals surface area contributed by atoms with E-state index in [2.05, 4.69) is 0 Å². The summed E-state index contributed by atoms with van der Waals surface area (Å²) >= 11 is 0. The number of aromatic carboxylic acids is 1. The number of carboxylic acids is 1. The van der Waals surface area contributed by atoms with Gasteiger partial charge in [0.1, 0.15) is 5.56 Å². The summed E-state index contributed by atoms with van der Waals surface area (Å²) in [5, 5.41) is 27.3. The Labute approximate surface area is 80.5 Å². The van der Waals surface area contributed by atoms with E-state index in [1.165, 1.54) is 0 Å². The maximum Gasteiger partial charge on any atom is 0.339 e. The Morgan fingerprint density at radius 2 is 1.93 bits per heavy atom. The highest BCUT2D eigenvalue weighted by atomic mass is 19.1. The highest BCUT2D eigenvalue weighted by molar-refractivity contribution is 5.89. The molecule has 0 aliphatic carbocycles. The van der Waals surface area contributed by atoms with Crippen LogP contribution in [0.3, 0.4) is 0 Å². The number of carbonyl (C=O) groups is 1. The van der Waals surface area contributed by atoms with Crippen molar-refractivity contribution in [3.8, 4) is 5.75 Å². The number of phenols is 1. The summed E-state index contributed by atoms with van der Waals surface area (Å²) in [6.07, 6.45) is 0. The first-order valence-corrected chi connectivity index (χ1v) is 3.45. The van der Waals surface area contributed by atoms with Crippen molar-refractivity contribution in [1.29, 1.82) is 0 Å². The van der Waals surface area contributed by atoms with Gasteiger partial charge in [0.25, 0.3) is 0 Å². The van der Waals surface area contributed by atoms with Crippen molar-refractivity contribution in [1.82, 2.24) is 0 Å². The average molecular weight is 219 g/mol. The van der Waals surface area contributed by atoms with Crippen molar-refractivity contribution in [3.05, 3.63) is 33.4 Å². The van der Waals surface area contributed by atoms with E-state index in [0.717, 1.165) is 0 Å². The molecule has 2 N–H and O–H groups in total. The molecule has 0 aliphatic rings. The molecule has 0 aliphatic heterocycles. The molecule has 1 aromatic rings. The van der Waals surface area contributed by atoms with Gasteiger partial charge in [-0.3, -0.25) is 10.1 Å². The number of halogens is 2. The zero-order valence-corrected chi connectivity index (χ0v) is 6.90. The number of carboxylic acid groups (broad SMARTS) is 1. The van der Waals surface area contributed by atoms with Crippen molar-refractivity contribution >= 4 is 11.7 Å². The monoisotopic (exact) mass is 219 g/mol. The molecule has 0 spiro atoms. The lowest BCUT2D eigenvalue weighted by molar-refractivity contribution is -0.387. The van der Waals surface area contributed by atoms with Crippen molar-refractivity contribution in [2.24, 2.45) is 0 Å². The quantitative estimate of drug-likeness (QED) is 0.576. The summed E-state index contributed by atoms with van der Waals surface area (Å²) in [7, 11) is 0. The first kappa shape index (κ1) is 10.8. The predicted molar refractivity (Wildman–Crippen MR) is 41.6 cm³/mol. The number of rotatable bonds is 2. The number of nitrogens with zero attached hydrogens (tertiary/aromatic N) is 1. The third-order valence-electron chi connectivity index (χ3n) is 1.59. The van der Waals surface area contributed by atoms with Crippen LogP contribution in [-0.2, 0) is 0 Å². The van der Waals surface area contributed by atoms with E-state index in [9.17, 15) is 23.7 Å². The van der Waals surface area contributed by atoms with E-state index < -0.39 is 39.5 Å². The summed E-state index contributed by atoms with van der Waals surface area (Å²) in [6.45, 7) is 0. The minimum absolute atomic E-state index is 0.201. The molecule has 80 valence electrons. The van der Waals surface area contributed by atoms with Gasteiger partial charge in [-0.1, -0.05) is 0 Å². The second-order valence-corrected chi connectivity index (χ2v) is 2.48.